The Hall–Kier alpha value is -1.26. The lowest BCUT2D eigenvalue weighted by molar-refractivity contribution is 0.175. The zero-order valence-electron chi connectivity index (χ0n) is 9.68. The fourth-order valence-corrected chi connectivity index (χ4v) is 2.26. The summed E-state index contributed by atoms with van der Waals surface area (Å²) in [6.45, 7) is 0. The first kappa shape index (κ1) is 13.2. The molecule has 0 bridgehead atoms. The minimum Gasteiger partial charge on any atom is -0.392 e. The van der Waals surface area contributed by atoms with E-state index in [0.29, 0.717) is 12.8 Å². The molecule has 0 amide bonds. The first-order chi connectivity index (χ1) is 8.63. The van der Waals surface area contributed by atoms with E-state index in [0.717, 1.165) is 15.6 Å². The van der Waals surface area contributed by atoms with Crippen LogP contribution in [0.15, 0.2) is 47.2 Å². The average Bonchev–Trinajstić information content (AvgIpc) is 2.28. The molecular weight excluding hydrogens is 297 g/mol. The van der Waals surface area contributed by atoms with Crippen LogP contribution in [-0.2, 0) is 12.8 Å². The summed E-state index contributed by atoms with van der Waals surface area (Å²) >= 11 is 3.33. The quantitative estimate of drug-likeness (QED) is 0.941. The summed E-state index contributed by atoms with van der Waals surface area (Å²) in [5, 5.41) is 9.97. The van der Waals surface area contributed by atoms with Gasteiger partial charge in [0.05, 0.1) is 6.10 Å². The molecular formula is C14H13BrFNO. The van der Waals surface area contributed by atoms with E-state index in [1.165, 1.54) is 12.1 Å². The average molecular weight is 310 g/mol. The SMILES string of the molecule is OC(Cc1cccc(F)c1)Cc1cncc(Br)c1. The maximum Gasteiger partial charge on any atom is 0.123 e. The largest absolute Gasteiger partial charge is 0.392 e. The van der Waals surface area contributed by atoms with Crippen LogP contribution in [0, 0.1) is 5.82 Å². The highest BCUT2D eigenvalue weighted by Gasteiger charge is 2.08. The summed E-state index contributed by atoms with van der Waals surface area (Å²) < 4.78 is 13.9. The maximum atomic E-state index is 13.0. The van der Waals surface area contributed by atoms with Gasteiger partial charge in [0, 0.05) is 23.3 Å². The van der Waals surface area contributed by atoms with Crippen molar-refractivity contribution in [3.63, 3.8) is 0 Å². The highest BCUT2D eigenvalue weighted by atomic mass is 79.9. The molecule has 1 atom stereocenters. The molecule has 1 unspecified atom stereocenters. The first-order valence-corrected chi connectivity index (χ1v) is 6.45. The lowest BCUT2D eigenvalue weighted by Gasteiger charge is -2.10. The van der Waals surface area contributed by atoms with Crippen LogP contribution in [0.2, 0.25) is 0 Å². The monoisotopic (exact) mass is 309 g/mol. The van der Waals surface area contributed by atoms with Crippen LogP contribution in [-0.4, -0.2) is 16.2 Å². The van der Waals surface area contributed by atoms with Gasteiger partial charge < -0.3 is 5.11 Å². The van der Waals surface area contributed by atoms with Crippen LogP contribution in [0.1, 0.15) is 11.1 Å². The highest BCUT2D eigenvalue weighted by Crippen LogP contribution is 2.13. The Bertz CT molecular complexity index is 485. The molecule has 0 radical (unpaired) electrons. The fraction of sp³-hybridized carbons (Fsp3) is 0.214. The number of pyridine rings is 1. The third-order valence-electron chi connectivity index (χ3n) is 2.59. The van der Waals surface area contributed by atoms with E-state index in [1.54, 1.807) is 18.5 Å². The number of nitrogens with zero attached hydrogens (tertiary/aromatic N) is 1. The van der Waals surface area contributed by atoms with Gasteiger partial charge in [0.15, 0.2) is 0 Å². The topological polar surface area (TPSA) is 33.1 Å². The zero-order chi connectivity index (χ0) is 13.0. The molecule has 0 saturated heterocycles. The van der Waals surface area contributed by atoms with E-state index in [9.17, 15) is 9.50 Å². The number of benzene rings is 1. The lowest BCUT2D eigenvalue weighted by atomic mass is 10.0. The van der Waals surface area contributed by atoms with Gasteiger partial charge in [0.2, 0.25) is 0 Å². The molecule has 2 nitrogen and oxygen atoms in total. The van der Waals surface area contributed by atoms with Gasteiger partial charge in [-0.05, 0) is 51.7 Å². The molecule has 94 valence electrons. The molecule has 0 spiro atoms. The van der Waals surface area contributed by atoms with Crippen molar-refractivity contribution in [3.8, 4) is 0 Å². The second kappa shape index (κ2) is 6.07. The molecule has 0 aliphatic carbocycles. The number of hydrogen-bond acceptors (Lipinski definition) is 2. The summed E-state index contributed by atoms with van der Waals surface area (Å²) in [6.07, 6.45) is 3.82. The maximum absolute atomic E-state index is 13.0. The van der Waals surface area contributed by atoms with Crippen molar-refractivity contribution in [2.24, 2.45) is 0 Å². The molecule has 0 fully saturated rings. The Morgan fingerprint density at radius 2 is 1.94 bits per heavy atom. The van der Waals surface area contributed by atoms with Gasteiger partial charge in [-0.25, -0.2) is 4.39 Å². The minimum atomic E-state index is -0.539. The molecule has 0 aliphatic rings. The van der Waals surface area contributed by atoms with E-state index < -0.39 is 6.10 Å². The van der Waals surface area contributed by atoms with E-state index in [4.69, 9.17) is 0 Å². The van der Waals surface area contributed by atoms with Crippen molar-refractivity contribution in [2.75, 3.05) is 0 Å². The van der Waals surface area contributed by atoms with Crippen LogP contribution in [0.5, 0.6) is 0 Å². The molecule has 1 aromatic heterocycles. The number of aromatic nitrogens is 1. The second-order valence-electron chi connectivity index (χ2n) is 4.20. The smallest absolute Gasteiger partial charge is 0.123 e. The molecule has 1 N–H and O–H groups in total. The fourth-order valence-electron chi connectivity index (χ4n) is 1.85. The third kappa shape index (κ3) is 3.89. The van der Waals surface area contributed by atoms with Gasteiger partial charge in [0.25, 0.3) is 0 Å². The Morgan fingerprint density at radius 1 is 1.17 bits per heavy atom. The van der Waals surface area contributed by atoms with Gasteiger partial charge in [-0.2, -0.15) is 0 Å². The lowest BCUT2D eigenvalue weighted by Crippen LogP contribution is -2.14. The summed E-state index contributed by atoms with van der Waals surface area (Å²) in [5.41, 5.74) is 1.75. The molecule has 2 rings (SSSR count). The van der Waals surface area contributed by atoms with Crippen LogP contribution in [0.25, 0.3) is 0 Å². The van der Waals surface area contributed by atoms with E-state index in [-0.39, 0.29) is 5.82 Å². The summed E-state index contributed by atoms with van der Waals surface area (Å²) in [6, 6.07) is 8.22. The van der Waals surface area contributed by atoms with E-state index in [2.05, 4.69) is 20.9 Å². The van der Waals surface area contributed by atoms with Crippen molar-refractivity contribution in [1.82, 2.24) is 4.98 Å². The third-order valence-corrected chi connectivity index (χ3v) is 3.03. The summed E-state index contributed by atoms with van der Waals surface area (Å²) in [7, 11) is 0. The predicted octanol–water partition coefficient (Wildman–Crippen LogP) is 3.13. The molecule has 4 heteroatoms. The standard InChI is InChI=1S/C14H13BrFNO/c15-12-4-11(8-17-9-12)7-14(18)6-10-2-1-3-13(16)5-10/h1-5,8-9,14,18H,6-7H2. The second-order valence-corrected chi connectivity index (χ2v) is 5.12. The van der Waals surface area contributed by atoms with Crippen molar-refractivity contribution < 1.29 is 9.50 Å². The number of aliphatic hydroxyl groups excluding tert-OH is 1. The number of rotatable bonds is 4. The van der Waals surface area contributed by atoms with Crippen molar-refractivity contribution in [1.29, 1.82) is 0 Å². The van der Waals surface area contributed by atoms with Crippen molar-refractivity contribution >= 4 is 15.9 Å². The van der Waals surface area contributed by atoms with Gasteiger partial charge in [-0.3, -0.25) is 4.98 Å². The van der Waals surface area contributed by atoms with Crippen LogP contribution < -0.4 is 0 Å². The summed E-state index contributed by atoms with van der Waals surface area (Å²) in [4.78, 5) is 4.04. The minimum absolute atomic E-state index is 0.274. The molecule has 0 aliphatic heterocycles. The van der Waals surface area contributed by atoms with Crippen molar-refractivity contribution in [2.45, 2.75) is 18.9 Å². The Labute approximate surface area is 114 Å². The predicted molar refractivity (Wildman–Crippen MR) is 71.8 cm³/mol. The Balaban J connectivity index is 1.98. The normalized spacial score (nSPS) is 12.4. The molecule has 2 aromatic rings. The van der Waals surface area contributed by atoms with E-state index in [1.807, 2.05) is 12.1 Å². The Kier molecular flexibility index (Phi) is 4.44. The number of hydrogen-bond donors (Lipinski definition) is 1. The van der Waals surface area contributed by atoms with Gasteiger partial charge >= 0.3 is 0 Å². The molecule has 0 saturated carbocycles. The van der Waals surface area contributed by atoms with Crippen LogP contribution in [0.4, 0.5) is 4.39 Å². The zero-order valence-corrected chi connectivity index (χ0v) is 11.3. The van der Waals surface area contributed by atoms with Crippen molar-refractivity contribution in [3.05, 3.63) is 64.1 Å². The van der Waals surface area contributed by atoms with Gasteiger partial charge in [0.1, 0.15) is 5.82 Å². The Morgan fingerprint density at radius 3 is 2.67 bits per heavy atom. The van der Waals surface area contributed by atoms with Gasteiger partial charge in [-0.1, -0.05) is 12.1 Å². The van der Waals surface area contributed by atoms with E-state index >= 15 is 0 Å². The van der Waals surface area contributed by atoms with Gasteiger partial charge in [-0.15, -0.1) is 0 Å². The molecule has 1 aromatic carbocycles. The number of halogens is 2. The molecule has 1 heterocycles. The first-order valence-electron chi connectivity index (χ1n) is 5.65. The highest BCUT2D eigenvalue weighted by molar-refractivity contribution is 9.10. The van der Waals surface area contributed by atoms with Crippen LogP contribution in [0.3, 0.4) is 0 Å². The number of aliphatic hydroxyl groups is 1. The summed E-state index contributed by atoms with van der Waals surface area (Å²) in [5.74, 6) is -0.274. The molecule has 18 heavy (non-hydrogen) atoms. The van der Waals surface area contributed by atoms with Crippen LogP contribution >= 0.6 is 15.9 Å².